The molecule has 1 aromatic carbocycles. The number of carbonyl (C=O) groups is 1. The highest BCUT2D eigenvalue weighted by atomic mass is 35.5. The van der Waals surface area contributed by atoms with Gasteiger partial charge in [-0.05, 0) is 31.5 Å². The zero-order chi connectivity index (χ0) is 14.8. The van der Waals surface area contributed by atoms with Gasteiger partial charge in [0.15, 0.2) is 0 Å². The number of amides is 1. The Labute approximate surface area is 122 Å². The second-order valence-electron chi connectivity index (χ2n) is 5.14. The topological polar surface area (TPSA) is 81.0 Å². The molecule has 0 spiro atoms. The average Bonchev–Trinajstić information content (AvgIpc) is 2.79. The summed E-state index contributed by atoms with van der Waals surface area (Å²) in [4.78, 5) is 10.8. The van der Waals surface area contributed by atoms with E-state index < -0.39 is 11.7 Å². The van der Waals surface area contributed by atoms with Crippen molar-refractivity contribution in [3.05, 3.63) is 41.0 Å². The lowest BCUT2D eigenvalue weighted by Gasteiger charge is -2.24. The van der Waals surface area contributed by atoms with E-state index >= 15 is 0 Å². The van der Waals surface area contributed by atoms with Crippen molar-refractivity contribution in [3.63, 3.8) is 0 Å². The number of hydrogen-bond acceptors (Lipinski definition) is 3. The molecule has 5 nitrogen and oxygen atoms in total. The number of hydrogen-bond donors (Lipinski definition) is 2. The minimum Gasteiger partial charge on any atom is -0.443 e. The van der Waals surface area contributed by atoms with Crippen LogP contribution < -0.4 is 5.73 Å². The lowest BCUT2D eigenvalue weighted by atomic mass is 9.97. The van der Waals surface area contributed by atoms with E-state index in [-0.39, 0.29) is 0 Å². The number of aromatic nitrogens is 2. The highest BCUT2D eigenvalue weighted by Crippen LogP contribution is 2.28. The van der Waals surface area contributed by atoms with Gasteiger partial charge in [0.1, 0.15) is 5.60 Å². The van der Waals surface area contributed by atoms with E-state index in [1.54, 1.807) is 20.0 Å². The third-order valence-electron chi connectivity index (χ3n) is 2.83. The molecule has 0 radical (unpaired) electrons. The van der Waals surface area contributed by atoms with E-state index in [1.165, 1.54) is 0 Å². The van der Waals surface area contributed by atoms with Gasteiger partial charge >= 0.3 is 6.09 Å². The number of ether oxygens (including phenoxy) is 1. The zero-order valence-electron chi connectivity index (χ0n) is 11.3. The summed E-state index contributed by atoms with van der Waals surface area (Å²) in [5.74, 6) is 0. The van der Waals surface area contributed by atoms with Crippen LogP contribution in [0.2, 0.25) is 5.02 Å². The highest BCUT2D eigenvalue weighted by molar-refractivity contribution is 6.33. The predicted octanol–water partition coefficient (Wildman–Crippen LogP) is 3.15. The molecule has 20 heavy (non-hydrogen) atoms. The normalized spacial score (nSPS) is 11.3. The fourth-order valence-corrected chi connectivity index (χ4v) is 2.40. The lowest BCUT2D eigenvalue weighted by molar-refractivity contribution is 0.0460. The lowest BCUT2D eigenvalue weighted by Crippen LogP contribution is -2.33. The van der Waals surface area contributed by atoms with Gasteiger partial charge in [-0.1, -0.05) is 23.7 Å². The minimum absolute atomic E-state index is 0.527. The molecule has 0 saturated heterocycles. The smallest absolute Gasteiger partial charge is 0.405 e. The molecule has 2 aromatic rings. The van der Waals surface area contributed by atoms with Crippen LogP contribution in [0.5, 0.6) is 0 Å². The van der Waals surface area contributed by atoms with Gasteiger partial charge in [0.2, 0.25) is 0 Å². The maximum Gasteiger partial charge on any atom is 0.405 e. The van der Waals surface area contributed by atoms with E-state index in [9.17, 15) is 4.79 Å². The molecule has 0 bridgehead atoms. The number of benzene rings is 1. The first kappa shape index (κ1) is 14.4. The van der Waals surface area contributed by atoms with Crippen LogP contribution in [-0.4, -0.2) is 21.9 Å². The van der Waals surface area contributed by atoms with E-state index in [0.29, 0.717) is 11.4 Å². The summed E-state index contributed by atoms with van der Waals surface area (Å²) < 4.78 is 5.06. The molecule has 0 saturated carbocycles. The monoisotopic (exact) mass is 293 g/mol. The summed E-state index contributed by atoms with van der Waals surface area (Å²) in [7, 11) is 0. The van der Waals surface area contributed by atoms with Crippen LogP contribution in [0.4, 0.5) is 4.79 Å². The SMILES string of the molecule is CC(C)(Cc1ccc(-c2ccn[nH]2)c(Cl)c1)OC(N)=O. The van der Waals surface area contributed by atoms with Crippen molar-refractivity contribution in [1.82, 2.24) is 10.2 Å². The molecule has 0 atom stereocenters. The standard InChI is InChI=1S/C14H16ClN3O2/c1-14(2,20-13(16)19)8-9-3-4-10(11(15)7-9)12-5-6-17-18-12/h3-7H,8H2,1-2H3,(H2,16,19)(H,17,18). The molecule has 6 heteroatoms. The second kappa shape index (κ2) is 5.54. The molecule has 0 fully saturated rings. The Morgan fingerprint density at radius 2 is 2.20 bits per heavy atom. The van der Waals surface area contributed by atoms with Crippen molar-refractivity contribution < 1.29 is 9.53 Å². The van der Waals surface area contributed by atoms with Crippen molar-refractivity contribution in [2.75, 3.05) is 0 Å². The minimum atomic E-state index is -0.782. The van der Waals surface area contributed by atoms with Crippen LogP contribution in [0.15, 0.2) is 30.5 Å². The Balaban J connectivity index is 2.19. The van der Waals surface area contributed by atoms with Crippen LogP contribution in [0.1, 0.15) is 19.4 Å². The van der Waals surface area contributed by atoms with Crippen molar-refractivity contribution in [1.29, 1.82) is 0 Å². The third-order valence-corrected chi connectivity index (χ3v) is 3.14. The van der Waals surface area contributed by atoms with Crippen molar-refractivity contribution in [3.8, 4) is 11.3 Å². The Morgan fingerprint density at radius 3 is 2.75 bits per heavy atom. The van der Waals surface area contributed by atoms with Gasteiger partial charge in [-0.15, -0.1) is 0 Å². The van der Waals surface area contributed by atoms with E-state index in [2.05, 4.69) is 10.2 Å². The summed E-state index contributed by atoms with van der Waals surface area (Å²) in [5, 5.41) is 7.38. The van der Waals surface area contributed by atoms with Crippen LogP contribution in [0.25, 0.3) is 11.3 Å². The number of aromatic amines is 1. The number of nitrogens with zero attached hydrogens (tertiary/aromatic N) is 1. The number of primary amides is 1. The van der Waals surface area contributed by atoms with Gasteiger partial charge in [0.05, 0.1) is 10.7 Å². The number of nitrogens with one attached hydrogen (secondary N) is 1. The first-order chi connectivity index (χ1) is 9.37. The van der Waals surface area contributed by atoms with Gasteiger partial charge in [0.25, 0.3) is 0 Å². The number of rotatable bonds is 4. The van der Waals surface area contributed by atoms with Gasteiger partial charge in [-0.2, -0.15) is 5.10 Å². The molecular weight excluding hydrogens is 278 g/mol. The van der Waals surface area contributed by atoms with Crippen molar-refractivity contribution in [2.24, 2.45) is 5.73 Å². The van der Waals surface area contributed by atoms with Crippen LogP contribution in [0.3, 0.4) is 0 Å². The maximum absolute atomic E-state index is 10.8. The van der Waals surface area contributed by atoms with Gasteiger partial charge in [-0.3, -0.25) is 5.10 Å². The first-order valence-corrected chi connectivity index (χ1v) is 6.52. The van der Waals surface area contributed by atoms with Gasteiger partial charge < -0.3 is 10.5 Å². The van der Waals surface area contributed by atoms with Crippen LogP contribution in [-0.2, 0) is 11.2 Å². The van der Waals surface area contributed by atoms with E-state index in [4.69, 9.17) is 22.1 Å². The average molecular weight is 294 g/mol. The Bertz CT molecular complexity index is 609. The number of halogens is 1. The summed E-state index contributed by atoms with van der Waals surface area (Å²) >= 11 is 6.28. The second-order valence-corrected chi connectivity index (χ2v) is 5.55. The van der Waals surface area contributed by atoms with E-state index in [0.717, 1.165) is 16.8 Å². The quantitative estimate of drug-likeness (QED) is 0.908. The Hall–Kier alpha value is -2.01. The maximum atomic E-state index is 10.8. The Morgan fingerprint density at radius 1 is 1.45 bits per heavy atom. The molecule has 106 valence electrons. The number of H-pyrrole nitrogens is 1. The van der Waals surface area contributed by atoms with Crippen molar-refractivity contribution >= 4 is 17.7 Å². The molecule has 1 amide bonds. The fraction of sp³-hybridized carbons (Fsp3) is 0.286. The van der Waals surface area contributed by atoms with Gasteiger partial charge in [0, 0.05) is 18.2 Å². The number of carbonyl (C=O) groups excluding carboxylic acids is 1. The molecule has 0 aliphatic heterocycles. The largest absolute Gasteiger partial charge is 0.443 e. The number of nitrogens with two attached hydrogens (primary N) is 1. The predicted molar refractivity (Wildman–Crippen MR) is 77.5 cm³/mol. The molecule has 2 rings (SSSR count). The molecule has 0 unspecified atom stereocenters. The molecule has 0 aliphatic rings. The molecule has 3 N–H and O–H groups in total. The Kier molecular flexibility index (Phi) is 3.99. The first-order valence-electron chi connectivity index (χ1n) is 6.14. The molecule has 1 heterocycles. The van der Waals surface area contributed by atoms with E-state index in [1.807, 2.05) is 24.3 Å². The summed E-state index contributed by atoms with van der Waals surface area (Å²) in [5.41, 5.74) is 7.07. The summed E-state index contributed by atoms with van der Waals surface area (Å²) in [6.45, 7) is 3.60. The summed E-state index contributed by atoms with van der Waals surface area (Å²) in [6.07, 6.45) is 1.41. The third kappa shape index (κ3) is 3.51. The molecule has 1 aromatic heterocycles. The molecular formula is C14H16ClN3O2. The zero-order valence-corrected chi connectivity index (χ0v) is 12.1. The van der Waals surface area contributed by atoms with Crippen LogP contribution >= 0.6 is 11.6 Å². The van der Waals surface area contributed by atoms with Crippen LogP contribution in [0, 0.1) is 0 Å². The highest BCUT2D eigenvalue weighted by Gasteiger charge is 2.22. The van der Waals surface area contributed by atoms with Gasteiger partial charge in [-0.25, -0.2) is 4.79 Å². The van der Waals surface area contributed by atoms with Crippen molar-refractivity contribution in [2.45, 2.75) is 25.9 Å². The molecule has 0 aliphatic carbocycles. The summed E-state index contributed by atoms with van der Waals surface area (Å²) in [6, 6.07) is 7.55. The fourth-order valence-electron chi connectivity index (χ4n) is 2.09.